The molecule has 2 atom stereocenters. The number of carboxylic acid groups (broad SMARTS) is 1. The summed E-state index contributed by atoms with van der Waals surface area (Å²) < 4.78 is 18.6. The minimum Gasteiger partial charge on any atom is -0.481 e. The Balaban J connectivity index is 2.14. The summed E-state index contributed by atoms with van der Waals surface area (Å²) >= 11 is 5.99. The minimum atomic E-state index is -1.16. The first-order chi connectivity index (χ1) is 9.90. The Hall–Kier alpha value is -1.66. The molecule has 1 N–H and O–H groups in total. The van der Waals surface area contributed by atoms with Gasteiger partial charge >= 0.3 is 5.97 Å². The third kappa shape index (κ3) is 3.51. The largest absolute Gasteiger partial charge is 0.481 e. The van der Waals surface area contributed by atoms with Crippen LogP contribution in [-0.2, 0) is 14.3 Å². The Labute approximate surface area is 126 Å². The zero-order chi connectivity index (χ0) is 15.6. The molecule has 0 bridgehead atoms. The number of benzene rings is 1. The lowest BCUT2D eigenvalue weighted by Crippen LogP contribution is -2.46. The molecule has 0 aromatic heterocycles. The van der Waals surface area contributed by atoms with Crippen LogP contribution in [0.3, 0.4) is 0 Å². The second-order valence-corrected chi connectivity index (χ2v) is 5.28. The number of halogens is 2. The standard InChI is InChI=1S/C14H15ClFNO4/c1-8(14(19)20)13(18)17-4-5-21-12(7-17)10-3-2-9(16)6-11(10)15/h2-3,6,8,12H,4-5,7H2,1H3,(H,19,20). The molecule has 0 saturated carbocycles. The SMILES string of the molecule is CC(C(=O)O)C(=O)N1CCOC(c2ccc(F)cc2Cl)C1. The number of carboxylic acids is 1. The van der Waals surface area contributed by atoms with Crippen LogP contribution < -0.4 is 0 Å². The first kappa shape index (κ1) is 15.7. The fourth-order valence-electron chi connectivity index (χ4n) is 2.18. The number of carbonyl (C=O) groups is 2. The molecule has 5 nitrogen and oxygen atoms in total. The molecule has 114 valence electrons. The number of morpholine rings is 1. The van der Waals surface area contributed by atoms with Crippen molar-refractivity contribution in [1.29, 1.82) is 0 Å². The summed E-state index contributed by atoms with van der Waals surface area (Å²) in [5.74, 6) is -3.18. The molecule has 1 aromatic rings. The molecule has 0 radical (unpaired) electrons. The van der Waals surface area contributed by atoms with E-state index in [2.05, 4.69) is 0 Å². The van der Waals surface area contributed by atoms with Gasteiger partial charge in [0.15, 0.2) is 0 Å². The van der Waals surface area contributed by atoms with Gasteiger partial charge in [0.2, 0.25) is 5.91 Å². The highest BCUT2D eigenvalue weighted by atomic mass is 35.5. The maximum absolute atomic E-state index is 13.1. The van der Waals surface area contributed by atoms with Crippen molar-refractivity contribution in [2.24, 2.45) is 5.92 Å². The van der Waals surface area contributed by atoms with Crippen molar-refractivity contribution in [3.8, 4) is 0 Å². The molecular weight excluding hydrogens is 301 g/mol. The van der Waals surface area contributed by atoms with Crippen LogP contribution in [0.15, 0.2) is 18.2 Å². The number of hydrogen-bond donors (Lipinski definition) is 1. The number of rotatable bonds is 3. The van der Waals surface area contributed by atoms with Crippen molar-refractivity contribution >= 4 is 23.5 Å². The molecule has 1 amide bonds. The van der Waals surface area contributed by atoms with Gasteiger partial charge in [-0.3, -0.25) is 9.59 Å². The van der Waals surface area contributed by atoms with Gasteiger partial charge in [-0.15, -0.1) is 0 Å². The topological polar surface area (TPSA) is 66.8 Å². The quantitative estimate of drug-likeness (QED) is 0.867. The van der Waals surface area contributed by atoms with E-state index in [-0.39, 0.29) is 18.2 Å². The average molecular weight is 316 g/mol. The average Bonchev–Trinajstić information content (AvgIpc) is 2.45. The summed E-state index contributed by atoms with van der Waals surface area (Å²) in [6.07, 6.45) is -0.489. The van der Waals surface area contributed by atoms with Crippen LogP contribution >= 0.6 is 11.6 Å². The molecule has 21 heavy (non-hydrogen) atoms. The highest BCUT2D eigenvalue weighted by Gasteiger charge is 2.31. The molecule has 0 aliphatic carbocycles. The predicted octanol–water partition coefficient (Wildman–Crippen LogP) is 2.10. The zero-order valence-corrected chi connectivity index (χ0v) is 12.1. The molecule has 2 rings (SSSR count). The molecule has 1 aliphatic rings. The van der Waals surface area contributed by atoms with Gasteiger partial charge in [0.05, 0.1) is 13.2 Å². The van der Waals surface area contributed by atoms with Crippen molar-refractivity contribution in [2.75, 3.05) is 19.7 Å². The van der Waals surface area contributed by atoms with Crippen molar-refractivity contribution in [2.45, 2.75) is 13.0 Å². The number of aliphatic carboxylic acids is 1. The smallest absolute Gasteiger partial charge is 0.315 e. The number of hydrogen-bond acceptors (Lipinski definition) is 3. The van der Waals surface area contributed by atoms with Crippen LogP contribution in [0.5, 0.6) is 0 Å². The van der Waals surface area contributed by atoms with Crippen LogP contribution in [0, 0.1) is 11.7 Å². The molecule has 1 heterocycles. The summed E-state index contributed by atoms with van der Waals surface area (Å²) in [6.45, 7) is 2.14. The lowest BCUT2D eigenvalue weighted by atomic mass is 10.1. The van der Waals surface area contributed by atoms with Crippen molar-refractivity contribution in [3.05, 3.63) is 34.6 Å². The van der Waals surface area contributed by atoms with Crippen molar-refractivity contribution < 1.29 is 23.8 Å². The van der Waals surface area contributed by atoms with Gasteiger partial charge in [0.1, 0.15) is 17.8 Å². The lowest BCUT2D eigenvalue weighted by molar-refractivity contribution is -0.154. The summed E-state index contributed by atoms with van der Waals surface area (Å²) in [6, 6.07) is 3.96. The molecule has 1 aromatic carbocycles. The summed E-state index contributed by atoms with van der Waals surface area (Å²) in [4.78, 5) is 24.4. The Morgan fingerprint density at radius 1 is 1.52 bits per heavy atom. The van der Waals surface area contributed by atoms with Gasteiger partial charge in [-0.2, -0.15) is 0 Å². The monoisotopic (exact) mass is 315 g/mol. The Kier molecular flexibility index (Phi) is 4.80. The third-order valence-electron chi connectivity index (χ3n) is 3.43. The highest BCUT2D eigenvalue weighted by molar-refractivity contribution is 6.31. The maximum Gasteiger partial charge on any atom is 0.315 e. The summed E-state index contributed by atoms with van der Waals surface area (Å²) in [5, 5.41) is 9.12. The summed E-state index contributed by atoms with van der Waals surface area (Å²) in [5.41, 5.74) is 0.582. The van der Waals surface area contributed by atoms with E-state index in [0.717, 1.165) is 0 Å². The van der Waals surface area contributed by atoms with Crippen LogP contribution in [0.2, 0.25) is 5.02 Å². The number of amides is 1. The number of carbonyl (C=O) groups excluding carboxylic acids is 1. The van der Waals surface area contributed by atoms with E-state index in [9.17, 15) is 14.0 Å². The fourth-order valence-corrected chi connectivity index (χ4v) is 2.47. The van der Waals surface area contributed by atoms with Crippen LogP contribution in [0.1, 0.15) is 18.6 Å². The number of ether oxygens (including phenoxy) is 1. The van der Waals surface area contributed by atoms with E-state index in [1.807, 2.05) is 0 Å². The van der Waals surface area contributed by atoms with Crippen LogP contribution in [0.25, 0.3) is 0 Å². The van der Waals surface area contributed by atoms with E-state index >= 15 is 0 Å². The second kappa shape index (κ2) is 6.41. The first-order valence-corrected chi connectivity index (χ1v) is 6.86. The first-order valence-electron chi connectivity index (χ1n) is 6.48. The molecular formula is C14H15ClFNO4. The molecule has 2 unspecified atom stereocenters. The van der Waals surface area contributed by atoms with Gasteiger partial charge in [0, 0.05) is 17.1 Å². The molecule has 0 spiro atoms. The van der Waals surface area contributed by atoms with Gasteiger partial charge in [0.25, 0.3) is 0 Å². The highest BCUT2D eigenvalue weighted by Crippen LogP contribution is 2.29. The summed E-state index contributed by atoms with van der Waals surface area (Å²) in [7, 11) is 0. The maximum atomic E-state index is 13.1. The van der Waals surface area contributed by atoms with Gasteiger partial charge in [-0.05, 0) is 19.1 Å². The Morgan fingerprint density at radius 2 is 2.24 bits per heavy atom. The molecule has 1 fully saturated rings. The lowest BCUT2D eigenvalue weighted by Gasteiger charge is -2.34. The minimum absolute atomic E-state index is 0.196. The van der Waals surface area contributed by atoms with Crippen LogP contribution in [-0.4, -0.2) is 41.6 Å². The van der Waals surface area contributed by atoms with Crippen molar-refractivity contribution in [3.63, 3.8) is 0 Å². The van der Waals surface area contributed by atoms with Gasteiger partial charge in [-0.1, -0.05) is 17.7 Å². The van der Waals surface area contributed by atoms with E-state index in [1.54, 1.807) is 0 Å². The van der Waals surface area contributed by atoms with Crippen molar-refractivity contribution in [1.82, 2.24) is 4.90 Å². The van der Waals surface area contributed by atoms with E-state index < -0.39 is 29.7 Å². The fraction of sp³-hybridized carbons (Fsp3) is 0.429. The van der Waals surface area contributed by atoms with E-state index in [1.165, 1.54) is 30.0 Å². The molecule has 1 saturated heterocycles. The molecule has 1 aliphatic heterocycles. The number of nitrogens with zero attached hydrogens (tertiary/aromatic N) is 1. The zero-order valence-electron chi connectivity index (χ0n) is 11.4. The van der Waals surface area contributed by atoms with Gasteiger partial charge < -0.3 is 14.7 Å². The second-order valence-electron chi connectivity index (χ2n) is 4.87. The Morgan fingerprint density at radius 3 is 2.86 bits per heavy atom. The van der Waals surface area contributed by atoms with E-state index in [4.69, 9.17) is 21.4 Å². The third-order valence-corrected chi connectivity index (χ3v) is 3.76. The normalized spacial score (nSPS) is 20.1. The molecule has 7 heteroatoms. The van der Waals surface area contributed by atoms with Gasteiger partial charge in [-0.25, -0.2) is 4.39 Å². The predicted molar refractivity (Wildman–Crippen MR) is 73.5 cm³/mol. The Bertz CT molecular complexity index is 566. The van der Waals surface area contributed by atoms with Crippen LogP contribution in [0.4, 0.5) is 4.39 Å². The van der Waals surface area contributed by atoms with E-state index in [0.29, 0.717) is 12.1 Å².